The standard InChI is InChI=1S/C20H15Cl2N3OS/c1-12-3-6-15(7-4-12)25-19(26)18(24-20(25)27-13(2)11-23)10-14-5-8-16(21)17(22)9-14/h3-10,13H,1-2H3/b18-10-. The normalized spacial score (nSPS) is 16.4. The number of amidine groups is 1. The van der Waals surface area contributed by atoms with Crippen LogP contribution in [0.15, 0.2) is 53.2 Å². The van der Waals surface area contributed by atoms with Crippen molar-refractivity contribution in [1.82, 2.24) is 0 Å². The van der Waals surface area contributed by atoms with Crippen LogP contribution in [0, 0.1) is 18.3 Å². The Morgan fingerprint density at radius 2 is 1.89 bits per heavy atom. The van der Waals surface area contributed by atoms with Gasteiger partial charge in [0, 0.05) is 0 Å². The zero-order valence-electron chi connectivity index (χ0n) is 14.6. The van der Waals surface area contributed by atoms with Crippen LogP contribution in [0.1, 0.15) is 18.1 Å². The van der Waals surface area contributed by atoms with Crippen molar-refractivity contribution in [2.24, 2.45) is 4.99 Å². The van der Waals surface area contributed by atoms with E-state index in [2.05, 4.69) is 11.1 Å². The van der Waals surface area contributed by atoms with Crippen molar-refractivity contribution < 1.29 is 4.79 Å². The van der Waals surface area contributed by atoms with Crippen LogP contribution in [0.3, 0.4) is 0 Å². The van der Waals surface area contributed by atoms with E-state index in [9.17, 15) is 4.79 Å². The number of hydrogen-bond donors (Lipinski definition) is 0. The molecular formula is C20H15Cl2N3OS. The molecule has 1 aliphatic heterocycles. The van der Waals surface area contributed by atoms with Gasteiger partial charge in [0.15, 0.2) is 5.17 Å². The molecule has 2 aromatic carbocycles. The van der Waals surface area contributed by atoms with Crippen LogP contribution >= 0.6 is 35.0 Å². The highest BCUT2D eigenvalue weighted by Gasteiger charge is 2.33. The summed E-state index contributed by atoms with van der Waals surface area (Å²) in [5.74, 6) is -0.252. The number of aliphatic imine (C=N–C) groups is 1. The summed E-state index contributed by atoms with van der Waals surface area (Å²) in [5.41, 5.74) is 2.80. The Balaban J connectivity index is 2.01. The fourth-order valence-electron chi connectivity index (χ4n) is 2.44. The van der Waals surface area contributed by atoms with E-state index >= 15 is 0 Å². The Hall–Kier alpha value is -2.26. The van der Waals surface area contributed by atoms with E-state index in [1.54, 1.807) is 31.2 Å². The smallest absolute Gasteiger partial charge is 0.266 e. The molecule has 2 aromatic rings. The van der Waals surface area contributed by atoms with E-state index in [4.69, 9.17) is 28.5 Å². The molecule has 0 spiro atoms. The lowest BCUT2D eigenvalue weighted by Crippen LogP contribution is -2.31. The van der Waals surface area contributed by atoms with Crippen molar-refractivity contribution in [2.45, 2.75) is 19.1 Å². The number of amides is 1. The van der Waals surface area contributed by atoms with Gasteiger partial charge in [-0.25, -0.2) is 4.99 Å². The maximum atomic E-state index is 13.0. The Labute approximate surface area is 172 Å². The maximum absolute atomic E-state index is 13.0. The Kier molecular flexibility index (Phi) is 5.91. The summed E-state index contributed by atoms with van der Waals surface area (Å²) in [6.45, 7) is 3.75. The number of nitriles is 1. The summed E-state index contributed by atoms with van der Waals surface area (Å²) in [7, 11) is 0. The number of nitrogens with zero attached hydrogens (tertiary/aromatic N) is 3. The predicted molar refractivity (Wildman–Crippen MR) is 113 cm³/mol. The quantitative estimate of drug-likeness (QED) is 0.604. The highest BCUT2D eigenvalue weighted by Crippen LogP contribution is 2.32. The van der Waals surface area contributed by atoms with Gasteiger partial charge in [-0.15, -0.1) is 0 Å². The number of hydrogen-bond acceptors (Lipinski definition) is 4. The molecule has 1 aliphatic rings. The highest BCUT2D eigenvalue weighted by atomic mass is 35.5. The first-order valence-corrected chi connectivity index (χ1v) is 9.75. The van der Waals surface area contributed by atoms with Crippen LogP contribution in [0.25, 0.3) is 6.08 Å². The molecule has 0 aromatic heterocycles. The van der Waals surface area contributed by atoms with Gasteiger partial charge in [0.25, 0.3) is 5.91 Å². The first kappa shape index (κ1) is 19.5. The number of carbonyl (C=O) groups excluding carboxylic acids is 1. The zero-order valence-corrected chi connectivity index (χ0v) is 16.9. The van der Waals surface area contributed by atoms with Crippen molar-refractivity contribution in [2.75, 3.05) is 4.90 Å². The molecule has 0 N–H and O–H groups in total. The third kappa shape index (κ3) is 4.36. The maximum Gasteiger partial charge on any atom is 0.283 e. The summed E-state index contributed by atoms with van der Waals surface area (Å²) in [6, 6.07) is 14.9. The zero-order chi connectivity index (χ0) is 19.6. The Morgan fingerprint density at radius 3 is 2.52 bits per heavy atom. The highest BCUT2D eigenvalue weighted by molar-refractivity contribution is 8.15. The van der Waals surface area contributed by atoms with E-state index in [-0.39, 0.29) is 16.9 Å². The van der Waals surface area contributed by atoms with Gasteiger partial charge in [0.2, 0.25) is 0 Å². The lowest BCUT2D eigenvalue weighted by molar-refractivity contribution is -0.113. The summed E-state index contributed by atoms with van der Waals surface area (Å²) in [5, 5.41) is 10.1. The van der Waals surface area contributed by atoms with Crippen molar-refractivity contribution in [1.29, 1.82) is 5.26 Å². The van der Waals surface area contributed by atoms with Gasteiger partial charge in [-0.1, -0.05) is 58.7 Å². The monoisotopic (exact) mass is 415 g/mol. The van der Waals surface area contributed by atoms with Crippen LogP contribution in [-0.4, -0.2) is 16.3 Å². The predicted octanol–water partition coefficient (Wildman–Crippen LogP) is 5.69. The molecule has 27 heavy (non-hydrogen) atoms. The fourth-order valence-corrected chi connectivity index (χ4v) is 3.56. The number of rotatable bonds is 3. The Morgan fingerprint density at radius 1 is 1.19 bits per heavy atom. The van der Waals surface area contributed by atoms with E-state index in [0.29, 0.717) is 20.9 Å². The first-order valence-electron chi connectivity index (χ1n) is 8.12. The molecule has 0 radical (unpaired) electrons. The van der Waals surface area contributed by atoms with Gasteiger partial charge in [0.05, 0.1) is 27.1 Å². The van der Waals surface area contributed by atoms with Crippen LogP contribution in [0.2, 0.25) is 10.0 Å². The average Bonchev–Trinajstić information content (AvgIpc) is 2.94. The molecule has 1 unspecified atom stereocenters. The molecule has 0 saturated heterocycles. The van der Waals surface area contributed by atoms with E-state index in [1.807, 2.05) is 31.2 Å². The van der Waals surface area contributed by atoms with Gasteiger partial charge in [-0.05, 0) is 49.8 Å². The molecule has 4 nitrogen and oxygen atoms in total. The van der Waals surface area contributed by atoms with Gasteiger partial charge in [-0.3, -0.25) is 9.69 Å². The van der Waals surface area contributed by atoms with Gasteiger partial charge < -0.3 is 0 Å². The minimum atomic E-state index is -0.339. The Bertz CT molecular complexity index is 993. The second-order valence-corrected chi connectivity index (χ2v) is 8.09. The third-order valence-corrected chi connectivity index (χ3v) is 5.52. The minimum absolute atomic E-state index is 0.252. The van der Waals surface area contributed by atoms with Gasteiger partial charge >= 0.3 is 0 Å². The van der Waals surface area contributed by atoms with Crippen LogP contribution in [-0.2, 0) is 4.79 Å². The largest absolute Gasteiger partial charge is 0.283 e. The van der Waals surface area contributed by atoms with Crippen LogP contribution < -0.4 is 4.90 Å². The molecule has 3 rings (SSSR count). The molecule has 1 amide bonds. The molecular weight excluding hydrogens is 401 g/mol. The minimum Gasteiger partial charge on any atom is -0.266 e. The van der Waals surface area contributed by atoms with Crippen LogP contribution in [0.5, 0.6) is 0 Å². The average molecular weight is 416 g/mol. The van der Waals surface area contributed by atoms with E-state index in [0.717, 1.165) is 11.1 Å². The topological polar surface area (TPSA) is 56.5 Å². The summed E-state index contributed by atoms with van der Waals surface area (Å²) >= 11 is 13.3. The number of halogens is 2. The number of anilines is 1. The first-order chi connectivity index (χ1) is 12.9. The second-order valence-electron chi connectivity index (χ2n) is 5.96. The molecule has 7 heteroatoms. The van der Waals surface area contributed by atoms with Gasteiger partial charge in [-0.2, -0.15) is 5.26 Å². The number of aryl methyl sites for hydroxylation is 1. The molecule has 136 valence electrons. The number of benzene rings is 2. The molecule has 0 fully saturated rings. The van der Waals surface area contributed by atoms with Gasteiger partial charge in [0.1, 0.15) is 5.70 Å². The number of carbonyl (C=O) groups is 1. The van der Waals surface area contributed by atoms with E-state index < -0.39 is 0 Å². The summed E-state index contributed by atoms with van der Waals surface area (Å²) < 4.78 is 0. The van der Waals surface area contributed by atoms with Crippen molar-refractivity contribution in [3.8, 4) is 6.07 Å². The SMILES string of the molecule is Cc1ccc(N2C(=O)/C(=C/c3ccc(Cl)c(Cl)c3)N=C2SC(C)C#N)cc1. The summed E-state index contributed by atoms with van der Waals surface area (Å²) in [6.07, 6.45) is 1.66. The van der Waals surface area contributed by atoms with Crippen LogP contribution in [0.4, 0.5) is 5.69 Å². The lowest BCUT2D eigenvalue weighted by atomic mass is 10.2. The van der Waals surface area contributed by atoms with Crippen molar-refractivity contribution in [3.05, 3.63) is 69.3 Å². The van der Waals surface area contributed by atoms with Crippen molar-refractivity contribution >= 4 is 57.8 Å². The molecule has 1 atom stereocenters. The van der Waals surface area contributed by atoms with Crippen molar-refractivity contribution in [3.63, 3.8) is 0 Å². The van der Waals surface area contributed by atoms with E-state index in [1.165, 1.54) is 16.7 Å². The molecule has 0 bridgehead atoms. The molecule has 0 saturated carbocycles. The molecule has 1 heterocycles. The second kappa shape index (κ2) is 8.18. The molecule has 0 aliphatic carbocycles. The number of thioether (sulfide) groups is 1. The fraction of sp³-hybridized carbons (Fsp3) is 0.150. The summed E-state index contributed by atoms with van der Waals surface area (Å²) in [4.78, 5) is 19.0. The lowest BCUT2D eigenvalue weighted by Gasteiger charge is -2.18. The third-order valence-electron chi connectivity index (χ3n) is 3.83.